The van der Waals surface area contributed by atoms with E-state index in [4.69, 9.17) is 4.74 Å². The molecule has 1 amide bonds. The van der Waals surface area contributed by atoms with Gasteiger partial charge in [0, 0.05) is 11.8 Å². The highest BCUT2D eigenvalue weighted by molar-refractivity contribution is 7.17. The predicted octanol–water partition coefficient (Wildman–Crippen LogP) is 4.03. The first-order chi connectivity index (χ1) is 10.2. The number of ether oxygens (including phenoxy) is 1. The van der Waals surface area contributed by atoms with E-state index in [1.807, 2.05) is 0 Å². The van der Waals surface area contributed by atoms with E-state index in [1.165, 1.54) is 23.1 Å². The first-order valence-corrected chi connectivity index (χ1v) is 8.65. The van der Waals surface area contributed by atoms with Gasteiger partial charge < -0.3 is 10.1 Å². The van der Waals surface area contributed by atoms with E-state index in [0.717, 1.165) is 24.8 Å². The van der Waals surface area contributed by atoms with Crippen molar-refractivity contribution in [2.24, 2.45) is 11.3 Å². The molecule has 0 aliphatic heterocycles. The minimum absolute atomic E-state index is 0.156. The number of fused-ring (bicyclic) bond motifs is 1. The Morgan fingerprint density at radius 3 is 2.59 bits per heavy atom. The summed E-state index contributed by atoms with van der Waals surface area (Å²) in [6.07, 6.45) is 2.91. The summed E-state index contributed by atoms with van der Waals surface area (Å²) in [5.41, 5.74) is 1.90. The smallest absolute Gasteiger partial charge is 0.341 e. The standard InChI is InChI=1S/C17H25NO3S/c1-6-21-16(20)14-12-8-7-11(17(3,4)5)9-13(12)22-15(14)18-10(2)19/h11H,6-9H2,1-5H3,(H,18,19)/t11-/m1/s1. The normalized spacial score (nSPS) is 17.8. The van der Waals surface area contributed by atoms with Crippen LogP contribution in [-0.4, -0.2) is 18.5 Å². The second kappa shape index (κ2) is 6.41. The zero-order valence-electron chi connectivity index (χ0n) is 14.0. The van der Waals surface area contributed by atoms with Crippen molar-refractivity contribution in [2.45, 2.75) is 53.9 Å². The van der Waals surface area contributed by atoms with Gasteiger partial charge in [-0.05, 0) is 43.1 Å². The monoisotopic (exact) mass is 323 g/mol. The number of esters is 1. The fraction of sp³-hybridized carbons (Fsp3) is 0.647. The highest BCUT2D eigenvalue weighted by atomic mass is 32.1. The molecule has 22 heavy (non-hydrogen) atoms. The molecule has 1 atom stereocenters. The molecule has 1 aromatic rings. The summed E-state index contributed by atoms with van der Waals surface area (Å²) < 4.78 is 5.19. The zero-order chi connectivity index (χ0) is 16.5. The average Bonchev–Trinajstić information content (AvgIpc) is 2.73. The van der Waals surface area contributed by atoms with Crippen LogP contribution in [0, 0.1) is 11.3 Å². The van der Waals surface area contributed by atoms with Gasteiger partial charge in [0.2, 0.25) is 5.91 Å². The van der Waals surface area contributed by atoms with Crippen LogP contribution in [0.1, 0.15) is 61.8 Å². The van der Waals surface area contributed by atoms with Gasteiger partial charge in [0.25, 0.3) is 0 Å². The minimum Gasteiger partial charge on any atom is -0.462 e. The maximum absolute atomic E-state index is 12.3. The molecule has 1 aliphatic carbocycles. The number of carbonyl (C=O) groups is 2. The Labute approximate surface area is 136 Å². The Kier molecular flexibility index (Phi) is 4.95. The molecule has 2 rings (SSSR count). The van der Waals surface area contributed by atoms with Gasteiger partial charge in [-0.1, -0.05) is 20.8 Å². The Morgan fingerprint density at radius 1 is 1.36 bits per heavy atom. The van der Waals surface area contributed by atoms with E-state index < -0.39 is 0 Å². The van der Waals surface area contributed by atoms with Crippen LogP contribution in [-0.2, 0) is 22.4 Å². The molecule has 1 heterocycles. The molecule has 5 heteroatoms. The number of amides is 1. The molecule has 1 aromatic heterocycles. The topological polar surface area (TPSA) is 55.4 Å². The van der Waals surface area contributed by atoms with Crippen LogP contribution in [0.25, 0.3) is 0 Å². The van der Waals surface area contributed by atoms with E-state index in [9.17, 15) is 9.59 Å². The van der Waals surface area contributed by atoms with Gasteiger partial charge >= 0.3 is 5.97 Å². The Bertz CT molecular complexity index is 583. The van der Waals surface area contributed by atoms with E-state index in [2.05, 4.69) is 26.1 Å². The fourth-order valence-electron chi connectivity index (χ4n) is 2.99. The Balaban J connectivity index is 2.39. The number of carbonyl (C=O) groups excluding carboxylic acids is 2. The van der Waals surface area contributed by atoms with Crippen LogP contribution in [0.2, 0.25) is 0 Å². The first-order valence-electron chi connectivity index (χ1n) is 7.83. The van der Waals surface area contributed by atoms with Gasteiger partial charge in [0.15, 0.2) is 0 Å². The molecule has 0 bridgehead atoms. The molecule has 1 N–H and O–H groups in total. The summed E-state index contributed by atoms with van der Waals surface area (Å²) in [4.78, 5) is 24.9. The molecule has 1 aliphatic rings. The third-order valence-electron chi connectivity index (χ3n) is 4.26. The fourth-order valence-corrected chi connectivity index (χ4v) is 4.35. The molecule has 122 valence electrons. The van der Waals surface area contributed by atoms with Gasteiger partial charge in [-0.25, -0.2) is 4.79 Å². The third kappa shape index (κ3) is 3.51. The largest absolute Gasteiger partial charge is 0.462 e. The molecule has 0 aromatic carbocycles. The van der Waals surface area contributed by atoms with E-state index in [0.29, 0.717) is 23.1 Å². The maximum atomic E-state index is 12.3. The van der Waals surface area contributed by atoms with Crippen molar-refractivity contribution in [1.29, 1.82) is 0 Å². The Morgan fingerprint density at radius 2 is 2.05 bits per heavy atom. The van der Waals surface area contributed by atoms with Crippen molar-refractivity contribution in [1.82, 2.24) is 0 Å². The van der Waals surface area contributed by atoms with Crippen LogP contribution in [0.3, 0.4) is 0 Å². The van der Waals surface area contributed by atoms with Gasteiger partial charge in [0.05, 0.1) is 12.2 Å². The van der Waals surface area contributed by atoms with Crippen molar-refractivity contribution in [2.75, 3.05) is 11.9 Å². The summed E-state index contributed by atoms with van der Waals surface area (Å²) in [5, 5.41) is 3.45. The van der Waals surface area contributed by atoms with Gasteiger partial charge in [0.1, 0.15) is 5.00 Å². The lowest BCUT2D eigenvalue weighted by Gasteiger charge is -2.33. The first kappa shape index (κ1) is 17.0. The van der Waals surface area contributed by atoms with E-state index in [-0.39, 0.29) is 17.3 Å². The molecule has 0 saturated heterocycles. The summed E-state index contributed by atoms with van der Waals surface area (Å²) in [5.74, 6) is 0.119. The van der Waals surface area contributed by atoms with Crippen LogP contribution >= 0.6 is 11.3 Å². The van der Waals surface area contributed by atoms with Crippen LogP contribution in [0.5, 0.6) is 0 Å². The van der Waals surface area contributed by atoms with Crippen LogP contribution in [0.15, 0.2) is 0 Å². The SMILES string of the molecule is CCOC(=O)c1c(NC(C)=O)sc2c1CC[C@@H](C(C)(C)C)C2. The number of anilines is 1. The highest BCUT2D eigenvalue weighted by Gasteiger charge is 2.34. The summed E-state index contributed by atoms with van der Waals surface area (Å²) >= 11 is 1.53. The van der Waals surface area contributed by atoms with E-state index in [1.54, 1.807) is 6.92 Å². The predicted molar refractivity (Wildman–Crippen MR) is 89.5 cm³/mol. The second-order valence-electron chi connectivity index (χ2n) is 6.92. The number of hydrogen-bond donors (Lipinski definition) is 1. The molecular formula is C17H25NO3S. The van der Waals surface area contributed by atoms with Gasteiger partial charge in [-0.15, -0.1) is 11.3 Å². The lowest BCUT2D eigenvalue weighted by molar-refractivity contribution is -0.114. The molecule has 0 radical (unpaired) electrons. The highest BCUT2D eigenvalue weighted by Crippen LogP contribution is 2.44. The van der Waals surface area contributed by atoms with Gasteiger partial charge in [-0.2, -0.15) is 0 Å². The van der Waals surface area contributed by atoms with Crippen LogP contribution < -0.4 is 5.32 Å². The van der Waals surface area contributed by atoms with E-state index >= 15 is 0 Å². The molecule has 0 fully saturated rings. The number of hydrogen-bond acceptors (Lipinski definition) is 4. The molecule has 0 saturated carbocycles. The van der Waals surface area contributed by atoms with Crippen molar-refractivity contribution in [3.05, 3.63) is 16.0 Å². The van der Waals surface area contributed by atoms with Crippen molar-refractivity contribution in [3.8, 4) is 0 Å². The maximum Gasteiger partial charge on any atom is 0.341 e. The van der Waals surface area contributed by atoms with Crippen molar-refractivity contribution < 1.29 is 14.3 Å². The molecule has 4 nitrogen and oxygen atoms in total. The molecule has 0 unspecified atom stereocenters. The zero-order valence-corrected chi connectivity index (χ0v) is 14.9. The van der Waals surface area contributed by atoms with Crippen LogP contribution in [0.4, 0.5) is 5.00 Å². The van der Waals surface area contributed by atoms with Crippen molar-refractivity contribution in [3.63, 3.8) is 0 Å². The number of rotatable bonds is 3. The second-order valence-corrected chi connectivity index (χ2v) is 8.02. The number of nitrogens with one attached hydrogen (secondary N) is 1. The lowest BCUT2D eigenvalue weighted by Crippen LogP contribution is -2.26. The molecule has 0 spiro atoms. The minimum atomic E-state index is -0.321. The summed E-state index contributed by atoms with van der Waals surface area (Å²) in [6, 6.07) is 0. The van der Waals surface area contributed by atoms with Gasteiger partial charge in [-0.3, -0.25) is 4.79 Å². The Hall–Kier alpha value is -1.36. The average molecular weight is 323 g/mol. The summed E-state index contributed by atoms with van der Waals surface area (Å²) in [6.45, 7) is 10.4. The third-order valence-corrected chi connectivity index (χ3v) is 5.43. The summed E-state index contributed by atoms with van der Waals surface area (Å²) in [7, 11) is 0. The quantitative estimate of drug-likeness (QED) is 0.854. The molecular weight excluding hydrogens is 298 g/mol. The van der Waals surface area contributed by atoms with Crippen molar-refractivity contribution >= 4 is 28.2 Å². The number of thiophene rings is 1. The lowest BCUT2D eigenvalue weighted by atomic mass is 9.72.